The minimum absolute atomic E-state index is 0.247. The predicted molar refractivity (Wildman–Crippen MR) is 70.9 cm³/mol. The normalized spacial score (nSPS) is 11.8. The first-order valence-corrected chi connectivity index (χ1v) is 5.96. The van der Waals surface area contributed by atoms with Crippen molar-refractivity contribution in [2.24, 2.45) is 0 Å². The van der Waals surface area contributed by atoms with Crippen molar-refractivity contribution in [2.75, 3.05) is 7.05 Å². The van der Waals surface area contributed by atoms with Gasteiger partial charge < -0.3 is 5.32 Å². The fraction of sp³-hybridized carbons (Fsp3) is 0.385. The molecule has 1 rings (SSSR count). The summed E-state index contributed by atoms with van der Waals surface area (Å²) >= 11 is 11.9. The molecule has 0 saturated carbocycles. The first kappa shape index (κ1) is 13.4. The van der Waals surface area contributed by atoms with E-state index in [0.29, 0.717) is 10.0 Å². The lowest BCUT2D eigenvalue weighted by Crippen LogP contribution is -2.16. The van der Waals surface area contributed by atoms with E-state index in [4.69, 9.17) is 23.2 Å². The van der Waals surface area contributed by atoms with E-state index in [1.807, 2.05) is 26.1 Å². The summed E-state index contributed by atoms with van der Waals surface area (Å²) in [5.41, 5.74) is 1.11. The SMILES string of the molecule is CC#CCCC(NC)c1cc(Cl)cc(Cl)c1. The molecule has 16 heavy (non-hydrogen) atoms. The highest BCUT2D eigenvalue weighted by molar-refractivity contribution is 6.34. The van der Waals surface area contributed by atoms with Gasteiger partial charge in [-0.3, -0.25) is 0 Å². The third-order valence-electron chi connectivity index (χ3n) is 2.37. The average Bonchev–Trinajstić information content (AvgIpc) is 2.23. The van der Waals surface area contributed by atoms with Crippen LogP contribution in [0.4, 0.5) is 0 Å². The lowest BCUT2D eigenvalue weighted by molar-refractivity contribution is 0.558. The highest BCUT2D eigenvalue weighted by Gasteiger charge is 2.09. The summed E-state index contributed by atoms with van der Waals surface area (Å²) in [6, 6.07) is 5.87. The molecule has 0 aliphatic rings. The van der Waals surface area contributed by atoms with Gasteiger partial charge >= 0.3 is 0 Å². The molecule has 0 amide bonds. The zero-order chi connectivity index (χ0) is 12.0. The molecular weight excluding hydrogens is 241 g/mol. The zero-order valence-corrected chi connectivity index (χ0v) is 11.0. The Balaban J connectivity index is 2.80. The number of hydrogen-bond acceptors (Lipinski definition) is 1. The summed E-state index contributed by atoms with van der Waals surface area (Å²) in [5.74, 6) is 5.95. The van der Waals surface area contributed by atoms with E-state index in [1.54, 1.807) is 6.07 Å². The molecule has 0 spiro atoms. The van der Waals surface area contributed by atoms with Crippen molar-refractivity contribution in [3.05, 3.63) is 33.8 Å². The second kappa shape index (κ2) is 6.81. The van der Waals surface area contributed by atoms with Crippen LogP contribution in [0.15, 0.2) is 18.2 Å². The molecule has 0 heterocycles. The van der Waals surface area contributed by atoms with Crippen molar-refractivity contribution in [3.63, 3.8) is 0 Å². The van der Waals surface area contributed by atoms with E-state index >= 15 is 0 Å². The van der Waals surface area contributed by atoms with Gasteiger partial charge in [-0.1, -0.05) is 23.2 Å². The van der Waals surface area contributed by atoms with Crippen LogP contribution in [-0.2, 0) is 0 Å². The van der Waals surface area contributed by atoms with E-state index < -0.39 is 0 Å². The highest BCUT2D eigenvalue weighted by Crippen LogP contribution is 2.25. The fourth-order valence-electron chi connectivity index (χ4n) is 1.60. The number of nitrogens with one attached hydrogen (secondary N) is 1. The quantitative estimate of drug-likeness (QED) is 0.801. The molecule has 0 aliphatic carbocycles. The maximum atomic E-state index is 5.97. The van der Waals surface area contributed by atoms with Crippen LogP contribution in [-0.4, -0.2) is 7.05 Å². The van der Waals surface area contributed by atoms with Crippen LogP contribution in [0.3, 0.4) is 0 Å². The molecule has 1 N–H and O–H groups in total. The second-order valence-electron chi connectivity index (χ2n) is 3.51. The van der Waals surface area contributed by atoms with Crippen molar-refractivity contribution in [3.8, 4) is 11.8 Å². The first-order valence-electron chi connectivity index (χ1n) is 5.20. The van der Waals surface area contributed by atoms with Crippen LogP contribution in [0.1, 0.15) is 31.4 Å². The third-order valence-corrected chi connectivity index (χ3v) is 2.81. The van der Waals surface area contributed by atoms with E-state index in [1.165, 1.54) is 0 Å². The minimum Gasteiger partial charge on any atom is -0.313 e. The Morgan fingerprint density at radius 3 is 2.38 bits per heavy atom. The Kier molecular flexibility index (Phi) is 5.69. The van der Waals surface area contributed by atoms with Crippen molar-refractivity contribution in [2.45, 2.75) is 25.8 Å². The molecule has 1 atom stereocenters. The lowest BCUT2D eigenvalue weighted by Gasteiger charge is -2.16. The Morgan fingerprint density at radius 2 is 1.88 bits per heavy atom. The van der Waals surface area contributed by atoms with Crippen LogP contribution in [0.25, 0.3) is 0 Å². The monoisotopic (exact) mass is 255 g/mol. The number of halogens is 2. The van der Waals surface area contributed by atoms with Crippen molar-refractivity contribution < 1.29 is 0 Å². The molecule has 3 heteroatoms. The van der Waals surface area contributed by atoms with Gasteiger partial charge in [0.25, 0.3) is 0 Å². The second-order valence-corrected chi connectivity index (χ2v) is 4.38. The Morgan fingerprint density at radius 1 is 1.25 bits per heavy atom. The molecule has 0 bridgehead atoms. The van der Waals surface area contributed by atoms with Gasteiger partial charge in [0.15, 0.2) is 0 Å². The standard InChI is InChI=1S/C13H15Cl2N/c1-3-4-5-6-13(16-2)10-7-11(14)9-12(15)8-10/h7-9,13,16H,5-6H2,1-2H3. The molecule has 0 fully saturated rings. The summed E-state index contributed by atoms with van der Waals surface area (Å²) in [6.07, 6.45) is 1.82. The molecule has 1 aromatic rings. The van der Waals surface area contributed by atoms with Gasteiger partial charge in [-0.15, -0.1) is 11.8 Å². The summed E-state index contributed by atoms with van der Waals surface area (Å²) in [6.45, 7) is 1.85. The van der Waals surface area contributed by atoms with Crippen molar-refractivity contribution in [1.82, 2.24) is 5.32 Å². The summed E-state index contributed by atoms with van der Waals surface area (Å²) in [7, 11) is 1.93. The van der Waals surface area contributed by atoms with Gasteiger partial charge in [0.2, 0.25) is 0 Å². The van der Waals surface area contributed by atoms with Crippen LogP contribution in [0, 0.1) is 11.8 Å². The molecule has 1 nitrogen and oxygen atoms in total. The predicted octanol–water partition coefficient (Wildman–Crippen LogP) is 4.06. The Labute approximate surface area is 107 Å². The molecule has 0 radical (unpaired) electrons. The van der Waals surface area contributed by atoms with Crippen molar-refractivity contribution >= 4 is 23.2 Å². The molecular formula is C13H15Cl2N. The van der Waals surface area contributed by atoms with E-state index in [9.17, 15) is 0 Å². The van der Waals surface area contributed by atoms with Gasteiger partial charge in [0.05, 0.1) is 0 Å². The van der Waals surface area contributed by atoms with Crippen LogP contribution < -0.4 is 5.32 Å². The molecule has 0 aliphatic heterocycles. The van der Waals surface area contributed by atoms with E-state index in [-0.39, 0.29) is 6.04 Å². The first-order chi connectivity index (χ1) is 7.67. The zero-order valence-electron chi connectivity index (χ0n) is 9.48. The number of hydrogen-bond donors (Lipinski definition) is 1. The maximum Gasteiger partial charge on any atom is 0.0424 e. The van der Waals surface area contributed by atoms with Crippen LogP contribution in [0.5, 0.6) is 0 Å². The van der Waals surface area contributed by atoms with E-state index in [2.05, 4.69) is 17.2 Å². The molecule has 0 saturated heterocycles. The summed E-state index contributed by atoms with van der Waals surface area (Å²) in [5, 5.41) is 4.59. The van der Waals surface area contributed by atoms with Crippen LogP contribution >= 0.6 is 23.2 Å². The van der Waals surface area contributed by atoms with Gasteiger partial charge in [0.1, 0.15) is 0 Å². The summed E-state index contributed by atoms with van der Waals surface area (Å²) < 4.78 is 0. The molecule has 1 unspecified atom stereocenters. The van der Waals surface area contributed by atoms with Gasteiger partial charge in [-0.2, -0.15) is 0 Å². The smallest absolute Gasteiger partial charge is 0.0424 e. The van der Waals surface area contributed by atoms with Crippen molar-refractivity contribution in [1.29, 1.82) is 0 Å². The molecule has 1 aromatic carbocycles. The fourth-order valence-corrected chi connectivity index (χ4v) is 2.14. The largest absolute Gasteiger partial charge is 0.313 e. The molecule has 86 valence electrons. The minimum atomic E-state index is 0.247. The Hall–Kier alpha value is -0.680. The van der Waals surface area contributed by atoms with Gasteiger partial charge in [-0.25, -0.2) is 0 Å². The van der Waals surface area contributed by atoms with E-state index in [0.717, 1.165) is 18.4 Å². The Bertz CT molecular complexity index is 384. The number of rotatable bonds is 4. The highest BCUT2D eigenvalue weighted by atomic mass is 35.5. The van der Waals surface area contributed by atoms with Crippen LogP contribution in [0.2, 0.25) is 10.0 Å². The maximum absolute atomic E-state index is 5.97. The average molecular weight is 256 g/mol. The number of benzene rings is 1. The topological polar surface area (TPSA) is 12.0 Å². The third kappa shape index (κ3) is 4.06. The summed E-state index contributed by atoms with van der Waals surface area (Å²) in [4.78, 5) is 0. The van der Waals surface area contributed by atoms with Gasteiger partial charge in [-0.05, 0) is 44.2 Å². The van der Waals surface area contributed by atoms with Gasteiger partial charge in [0, 0.05) is 22.5 Å². The molecule has 0 aromatic heterocycles. The lowest BCUT2D eigenvalue weighted by atomic mass is 10.0.